The highest BCUT2D eigenvalue weighted by Gasteiger charge is 2.14. The second-order valence-electron chi connectivity index (χ2n) is 3.76. The van der Waals surface area contributed by atoms with Crippen LogP contribution in [0.3, 0.4) is 0 Å². The summed E-state index contributed by atoms with van der Waals surface area (Å²) in [5, 5.41) is 11.0. The molecule has 0 aliphatic heterocycles. The van der Waals surface area contributed by atoms with Gasteiger partial charge in [0.25, 0.3) is 0 Å². The van der Waals surface area contributed by atoms with Crippen LogP contribution in [0.2, 0.25) is 0 Å². The van der Waals surface area contributed by atoms with Crippen molar-refractivity contribution in [3.8, 4) is 11.4 Å². The molecule has 0 saturated heterocycles. The van der Waals surface area contributed by atoms with Crippen LogP contribution in [0.25, 0.3) is 28.2 Å². The lowest BCUT2D eigenvalue weighted by atomic mass is 10.3. The summed E-state index contributed by atoms with van der Waals surface area (Å²) in [4.78, 5) is 11.3. The van der Waals surface area contributed by atoms with Crippen molar-refractivity contribution in [3.63, 3.8) is 0 Å². The van der Waals surface area contributed by atoms with Crippen LogP contribution in [-0.4, -0.2) is 29.5 Å². The minimum atomic E-state index is 0.625. The third-order valence-electron chi connectivity index (χ3n) is 2.77. The van der Waals surface area contributed by atoms with Gasteiger partial charge in [0.15, 0.2) is 17.1 Å². The molecule has 4 heterocycles. The van der Waals surface area contributed by atoms with Crippen molar-refractivity contribution in [1.82, 2.24) is 29.5 Å². The predicted molar refractivity (Wildman–Crippen MR) is 68.2 cm³/mol. The molecule has 0 spiro atoms. The molecule has 0 bridgehead atoms. The SMILES string of the molecule is Nc1sccc1-c1nnc2c3[nH]cnc3ncn12. The molecule has 0 atom stereocenters. The number of aromatic nitrogens is 6. The molecule has 0 aromatic carbocycles. The highest BCUT2D eigenvalue weighted by atomic mass is 32.1. The average Bonchev–Trinajstić information content (AvgIpc) is 3.04. The Morgan fingerprint density at radius 3 is 3.06 bits per heavy atom. The van der Waals surface area contributed by atoms with Crippen molar-refractivity contribution in [3.05, 3.63) is 24.1 Å². The topological polar surface area (TPSA) is 97.8 Å². The lowest BCUT2D eigenvalue weighted by Crippen LogP contribution is -1.93. The molecule has 88 valence electrons. The Kier molecular flexibility index (Phi) is 1.73. The summed E-state index contributed by atoms with van der Waals surface area (Å²) in [7, 11) is 0. The molecular formula is C10H7N7S. The highest BCUT2D eigenvalue weighted by molar-refractivity contribution is 7.14. The van der Waals surface area contributed by atoms with E-state index in [4.69, 9.17) is 5.73 Å². The van der Waals surface area contributed by atoms with Crippen molar-refractivity contribution >= 4 is 33.1 Å². The Bertz CT molecular complexity index is 855. The molecular weight excluding hydrogens is 250 g/mol. The minimum absolute atomic E-state index is 0.625. The fourth-order valence-electron chi connectivity index (χ4n) is 1.92. The Balaban J connectivity index is 2.11. The lowest BCUT2D eigenvalue weighted by molar-refractivity contribution is 1.09. The summed E-state index contributed by atoms with van der Waals surface area (Å²) < 4.78 is 1.80. The van der Waals surface area contributed by atoms with Crippen LogP contribution in [0, 0.1) is 0 Å². The van der Waals surface area contributed by atoms with E-state index in [2.05, 4.69) is 25.1 Å². The molecule has 0 aliphatic carbocycles. The number of anilines is 1. The van der Waals surface area contributed by atoms with Crippen LogP contribution < -0.4 is 5.73 Å². The fourth-order valence-corrected chi connectivity index (χ4v) is 2.56. The molecule has 0 radical (unpaired) electrons. The second-order valence-corrected chi connectivity index (χ2v) is 4.71. The average molecular weight is 257 g/mol. The van der Waals surface area contributed by atoms with Gasteiger partial charge in [-0.15, -0.1) is 21.5 Å². The number of nitrogens with zero attached hydrogens (tertiary/aromatic N) is 5. The quantitative estimate of drug-likeness (QED) is 0.535. The van der Waals surface area contributed by atoms with Gasteiger partial charge in [-0.25, -0.2) is 9.97 Å². The number of hydrogen-bond donors (Lipinski definition) is 2. The Morgan fingerprint density at radius 2 is 2.22 bits per heavy atom. The second kappa shape index (κ2) is 3.26. The van der Waals surface area contributed by atoms with E-state index < -0.39 is 0 Å². The molecule has 0 fully saturated rings. The van der Waals surface area contributed by atoms with Gasteiger partial charge >= 0.3 is 0 Å². The van der Waals surface area contributed by atoms with E-state index in [0.29, 0.717) is 22.1 Å². The zero-order valence-corrected chi connectivity index (χ0v) is 9.85. The van der Waals surface area contributed by atoms with Gasteiger partial charge in [0, 0.05) is 0 Å². The number of imidazole rings is 1. The van der Waals surface area contributed by atoms with Gasteiger partial charge < -0.3 is 10.7 Å². The first kappa shape index (κ1) is 9.54. The molecule has 4 aromatic heterocycles. The van der Waals surface area contributed by atoms with Gasteiger partial charge in [-0.3, -0.25) is 4.40 Å². The zero-order valence-electron chi connectivity index (χ0n) is 9.03. The highest BCUT2D eigenvalue weighted by Crippen LogP contribution is 2.29. The third-order valence-corrected chi connectivity index (χ3v) is 3.52. The van der Waals surface area contributed by atoms with Gasteiger partial charge in [0.1, 0.15) is 11.8 Å². The van der Waals surface area contributed by atoms with Crippen molar-refractivity contribution in [2.45, 2.75) is 0 Å². The van der Waals surface area contributed by atoms with E-state index in [1.807, 2.05) is 11.4 Å². The maximum absolute atomic E-state index is 5.91. The van der Waals surface area contributed by atoms with Crippen LogP contribution in [0.1, 0.15) is 0 Å². The maximum atomic E-state index is 5.91. The molecule has 18 heavy (non-hydrogen) atoms. The largest absolute Gasteiger partial charge is 0.390 e. The lowest BCUT2D eigenvalue weighted by Gasteiger charge is -1.98. The van der Waals surface area contributed by atoms with Gasteiger partial charge in [0.05, 0.1) is 16.9 Å². The third kappa shape index (κ3) is 1.12. The van der Waals surface area contributed by atoms with E-state index in [1.54, 1.807) is 17.1 Å². The summed E-state index contributed by atoms with van der Waals surface area (Å²) in [5.74, 6) is 0.688. The Hall–Kier alpha value is -2.48. The van der Waals surface area contributed by atoms with Crippen LogP contribution in [0.4, 0.5) is 5.00 Å². The summed E-state index contributed by atoms with van der Waals surface area (Å²) in [6.45, 7) is 0. The van der Waals surface area contributed by atoms with Crippen LogP contribution >= 0.6 is 11.3 Å². The van der Waals surface area contributed by atoms with Crippen LogP contribution in [-0.2, 0) is 0 Å². The summed E-state index contributed by atoms with van der Waals surface area (Å²) in [6, 6.07) is 1.92. The number of aromatic amines is 1. The van der Waals surface area contributed by atoms with Crippen molar-refractivity contribution in [2.24, 2.45) is 0 Å². The molecule has 4 aromatic rings. The first-order valence-electron chi connectivity index (χ1n) is 5.21. The molecule has 0 aliphatic rings. The first-order chi connectivity index (χ1) is 8.84. The van der Waals surface area contributed by atoms with E-state index in [-0.39, 0.29) is 0 Å². The van der Waals surface area contributed by atoms with Gasteiger partial charge in [-0.1, -0.05) is 0 Å². The maximum Gasteiger partial charge on any atom is 0.190 e. The number of nitrogens with two attached hydrogens (primary N) is 1. The van der Waals surface area contributed by atoms with E-state index >= 15 is 0 Å². The van der Waals surface area contributed by atoms with Gasteiger partial charge in [-0.2, -0.15) is 0 Å². The number of nitrogens with one attached hydrogen (secondary N) is 1. The van der Waals surface area contributed by atoms with Crippen molar-refractivity contribution in [1.29, 1.82) is 0 Å². The number of rotatable bonds is 1. The molecule has 8 heteroatoms. The Labute approximate surface area is 104 Å². The summed E-state index contributed by atoms with van der Waals surface area (Å²) in [6.07, 6.45) is 3.25. The van der Waals surface area contributed by atoms with E-state index in [1.165, 1.54) is 11.3 Å². The van der Waals surface area contributed by atoms with E-state index in [0.717, 1.165) is 11.1 Å². The smallest absolute Gasteiger partial charge is 0.190 e. The molecule has 7 nitrogen and oxygen atoms in total. The van der Waals surface area contributed by atoms with Crippen LogP contribution in [0.15, 0.2) is 24.1 Å². The Morgan fingerprint density at radius 1 is 1.28 bits per heavy atom. The normalized spacial score (nSPS) is 11.6. The monoisotopic (exact) mass is 257 g/mol. The van der Waals surface area contributed by atoms with E-state index in [9.17, 15) is 0 Å². The first-order valence-corrected chi connectivity index (χ1v) is 6.09. The van der Waals surface area contributed by atoms with Gasteiger partial charge in [-0.05, 0) is 11.4 Å². The number of fused-ring (bicyclic) bond motifs is 3. The molecule has 0 saturated carbocycles. The van der Waals surface area contributed by atoms with Crippen molar-refractivity contribution in [2.75, 3.05) is 5.73 Å². The van der Waals surface area contributed by atoms with Crippen LogP contribution in [0.5, 0.6) is 0 Å². The summed E-state index contributed by atoms with van der Waals surface area (Å²) >= 11 is 1.47. The zero-order chi connectivity index (χ0) is 12.1. The number of H-pyrrole nitrogens is 1. The molecule has 0 amide bonds. The number of nitrogen functional groups attached to an aromatic ring is 1. The predicted octanol–water partition coefficient (Wildman–Crippen LogP) is 1.31. The fraction of sp³-hybridized carbons (Fsp3) is 0. The van der Waals surface area contributed by atoms with Gasteiger partial charge in [0.2, 0.25) is 0 Å². The number of hydrogen-bond acceptors (Lipinski definition) is 6. The minimum Gasteiger partial charge on any atom is -0.390 e. The molecule has 3 N–H and O–H groups in total. The molecule has 0 unspecified atom stereocenters. The summed E-state index contributed by atoms with van der Waals surface area (Å²) in [5.41, 5.74) is 8.87. The standard InChI is InChI=1S/C10H7N7S/c11-7-5(1-2-18-7)9-15-16-10-6-8(13-3-12-6)14-4-17(9)10/h1-4H,11H2,(H,12,13). The molecule has 4 rings (SSSR count). The van der Waals surface area contributed by atoms with Crippen molar-refractivity contribution < 1.29 is 0 Å². The number of thiophene rings is 1.